The molecule has 1 saturated heterocycles. The zero-order valence-electron chi connectivity index (χ0n) is 46.5. The fourth-order valence-electron chi connectivity index (χ4n) is 10.1. The molecule has 13 heteroatoms. The predicted molar refractivity (Wildman–Crippen MR) is 296 cm³/mol. The third-order valence-electron chi connectivity index (χ3n) is 14.8. The Morgan fingerprint density at radius 1 is 0.542 bits per heavy atom. The van der Waals surface area contributed by atoms with Gasteiger partial charge in [0, 0.05) is 6.42 Å². The summed E-state index contributed by atoms with van der Waals surface area (Å²) >= 11 is 0. The van der Waals surface area contributed by atoms with Crippen LogP contribution in [-0.2, 0) is 28.9 Å². The molecule has 1 heterocycles. The van der Waals surface area contributed by atoms with E-state index < -0.39 is 59.9 Å². The summed E-state index contributed by atoms with van der Waals surface area (Å²) in [7, 11) is -5.08. The Hall–Kier alpha value is -1.16. The quantitative estimate of drug-likeness (QED) is 0.0193. The van der Waals surface area contributed by atoms with Crippen molar-refractivity contribution >= 4 is 16.3 Å². The number of ether oxygens (including phenoxy) is 2. The first kappa shape index (κ1) is 68.9. The van der Waals surface area contributed by atoms with Gasteiger partial charge in [-0.2, -0.15) is 8.42 Å². The summed E-state index contributed by atoms with van der Waals surface area (Å²) in [5, 5.41) is 45.1. The van der Waals surface area contributed by atoms with Crippen LogP contribution < -0.4 is 5.32 Å². The number of nitrogens with one attached hydrogen (secondary N) is 1. The number of unbranched alkanes of at least 4 members (excludes halogenated alkanes) is 40. The Balaban J connectivity index is 2.25. The zero-order valence-corrected chi connectivity index (χ0v) is 47.3. The molecular formula is C59H115NO11S. The molecule has 0 aromatic carbocycles. The van der Waals surface area contributed by atoms with Gasteiger partial charge in [0.15, 0.2) is 6.29 Å². The molecule has 7 unspecified atom stereocenters. The van der Waals surface area contributed by atoms with Crippen LogP contribution in [0.4, 0.5) is 0 Å². The summed E-state index contributed by atoms with van der Waals surface area (Å²) in [5.41, 5.74) is 0. The second kappa shape index (κ2) is 49.4. The summed E-state index contributed by atoms with van der Waals surface area (Å²) in [6.07, 6.45) is 50.9. The van der Waals surface area contributed by atoms with E-state index in [2.05, 4.69) is 35.5 Å². The third-order valence-corrected chi connectivity index (χ3v) is 15.3. The zero-order chi connectivity index (χ0) is 52.6. The lowest BCUT2D eigenvalue weighted by atomic mass is 9.99. The van der Waals surface area contributed by atoms with E-state index in [-0.39, 0.29) is 12.5 Å². The maximum Gasteiger partial charge on any atom is 0.397 e. The lowest BCUT2D eigenvalue weighted by Crippen LogP contribution is -2.61. The van der Waals surface area contributed by atoms with Gasteiger partial charge in [-0.3, -0.25) is 9.35 Å². The second-order valence-corrected chi connectivity index (χ2v) is 22.7. The Morgan fingerprint density at radius 3 is 1.25 bits per heavy atom. The Kier molecular flexibility index (Phi) is 47.3. The van der Waals surface area contributed by atoms with Crippen molar-refractivity contribution in [3.63, 3.8) is 0 Å². The van der Waals surface area contributed by atoms with E-state index in [1.165, 1.54) is 225 Å². The minimum atomic E-state index is -5.08. The van der Waals surface area contributed by atoms with E-state index >= 15 is 0 Å². The molecule has 0 aromatic rings. The molecule has 1 amide bonds. The first-order chi connectivity index (χ1) is 35.0. The topological polar surface area (TPSA) is 192 Å². The van der Waals surface area contributed by atoms with Crippen LogP contribution in [0.2, 0.25) is 0 Å². The van der Waals surface area contributed by atoms with Crippen LogP contribution in [-0.4, -0.2) is 95.4 Å². The fourth-order valence-corrected chi connectivity index (χ4v) is 10.6. The highest BCUT2D eigenvalue weighted by Gasteiger charge is 2.48. The largest absolute Gasteiger partial charge is 0.397 e. The molecule has 0 aliphatic carbocycles. The highest BCUT2D eigenvalue weighted by atomic mass is 32.3. The van der Waals surface area contributed by atoms with Gasteiger partial charge >= 0.3 is 10.4 Å². The van der Waals surface area contributed by atoms with Crippen LogP contribution in [0, 0.1) is 0 Å². The van der Waals surface area contributed by atoms with Crippen molar-refractivity contribution in [2.75, 3.05) is 13.2 Å². The van der Waals surface area contributed by atoms with E-state index in [1.807, 2.05) is 0 Å². The average Bonchev–Trinajstić information content (AvgIpc) is 3.36. The molecule has 0 saturated carbocycles. The minimum Gasteiger partial charge on any atom is -0.394 e. The van der Waals surface area contributed by atoms with Crippen molar-refractivity contribution in [1.82, 2.24) is 5.32 Å². The first-order valence-electron chi connectivity index (χ1n) is 30.6. The summed E-state index contributed by atoms with van der Waals surface area (Å²) in [4.78, 5) is 13.2. The summed E-state index contributed by atoms with van der Waals surface area (Å²) in [6, 6.07) is -0.855. The minimum absolute atomic E-state index is 0.224. The molecule has 0 bridgehead atoms. The standard InChI is InChI=1S/C59H115NO11S/c1-3-5-7-9-11-13-15-17-19-20-21-22-23-24-25-26-27-28-29-30-31-32-33-35-37-39-41-43-45-47-49-55(63)60-52(51-69-59-57(65)58(71-72(66,67)68)56(64)54(50-61)70-59)53(62)48-46-44-42-40-38-36-34-18-16-14-12-10-8-6-4-2/h24-25,52-54,56-59,61-62,64-65H,3-23,26-51H2,1-2H3,(H,60,63)(H,66,67,68)/b25-24-. The number of allylic oxidation sites excluding steroid dienone is 2. The van der Waals surface area contributed by atoms with Gasteiger partial charge in [0.2, 0.25) is 5.91 Å². The van der Waals surface area contributed by atoms with Gasteiger partial charge in [-0.1, -0.05) is 270 Å². The van der Waals surface area contributed by atoms with Gasteiger partial charge in [0.25, 0.3) is 0 Å². The van der Waals surface area contributed by atoms with Crippen molar-refractivity contribution in [3.05, 3.63) is 12.2 Å². The summed E-state index contributed by atoms with van der Waals surface area (Å²) in [6.45, 7) is 3.49. The molecule has 1 aliphatic heterocycles. The first-order valence-corrected chi connectivity index (χ1v) is 31.9. The number of carbonyl (C=O) groups excluding carboxylic acids is 1. The predicted octanol–water partition coefficient (Wildman–Crippen LogP) is 14.6. The van der Waals surface area contributed by atoms with E-state index in [9.17, 15) is 38.2 Å². The van der Waals surface area contributed by atoms with E-state index in [1.54, 1.807) is 0 Å². The number of hydrogen-bond donors (Lipinski definition) is 6. The Labute approximate surface area is 442 Å². The van der Waals surface area contributed by atoms with E-state index in [4.69, 9.17) is 9.47 Å². The molecule has 1 fully saturated rings. The van der Waals surface area contributed by atoms with Gasteiger partial charge in [-0.05, 0) is 38.5 Å². The Bertz CT molecular complexity index is 1320. The van der Waals surface area contributed by atoms with Crippen molar-refractivity contribution in [3.8, 4) is 0 Å². The van der Waals surface area contributed by atoms with Gasteiger partial charge in [-0.25, -0.2) is 4.18 Å². The monoisotopic (exact) mass is 1050 g/mol. The maximum absolute atomic E-state index is 13.2. The number of rotatable bonds is 54. The van der Waals surface area contributed by atoms with Crippen LogP contribution in [0.3, 0.4) is 0 Å². The molecule has 7 atom stereocenters. The SMILES string of the molecule is CCCCCCCCCCCCCC/C=C\CCCCCCCCCCCCCCCCC(=O)NC(COC1OC(CO)C(O)C(OS(=O)(=O)O)C1O)C(O)CCCCCCCCCCCCCCCCC. The highest BCUT2D eigenvalue weighted by molar-refractivity contribution is 7.80. The fraction of sp³-hybridized carbons (Fsp3) is 0.949. The maximum atomic E-state index is 13.2. The van der Waals surface area contributed by atoms with Crippen molar-refractivity contribution in [1.29, 1.82) is 0 Å². The molecule has 72 heavy (non-hydrogen) atoms. The highest BCUT2D eigenvalue weighted by Crippen LogP contribution is 2.26. The molecule has 0 radical (unpaired) electrons. The number of carbonyl (C=O) groups is 1. The number of hydrogen-bond acceptors (Lipinski definition) is 10. The van der Waals surface area contributed by atoms with Crippen LogP contribution in [0.5, 0.6) is 0 Å². The smallest absolute Gasteiger partial charge is 0.394 e. The van der Waals surface area contributed by atoms with Crippen molar-refractivity contribution in [2.24, 2.45) is 0 Å². The average molecular weight is 1050 g/mol. The van der Waals surface area contributed by atoms with Crippen molar-refractivity contribution in [2.45, 2.75) is 346 Å². The third kappa shape index (κ3) is 41.1. The molecule has 0 spiro atoms. The molecule has 12 nitrogen and oxygen atoms in total. The van der Waals surface area contributed by atoms with Gasteiger partial charge in [0.1, 0.15) is 24.4 Å². The lowest BCUT2D eigenvalue weighted by Gasteiger charge is -2.41. The normalized spacial score (nSPS) is 19.3. The molecule has 428 valence electrons. The molecular weight excluding hydrogens is 931 g/mol. The van der Waals surface area contributed by atoms with Crippen LogP contribution >= 0.6 is 0 Å². The van der Waals surface area contributed by atoms with E-state index in [0.29, 0.717) is 12.8 Å². The second-order valence-electron chi connectivity index (χ2n) is 21.6. The summed E-state index contributed by atoms with van der Waals surface area (Å²) < 4.78 is 47.9. The van der Waals surface area contributed by atoms with Gasteiger partial charge < -0.3 is 35.2 Å². The number of amides is 1. The van der Waals surface area contributed by atoms with E-state index in [0.717, 1.165) is 51.4 Å². The molecule has 1 rings (SSSR count). The molecule has 6 N–H and O–H groups in total. The van der Waals surface area contributed by atoms with Crippen LogP contribution in [0.25, 0.3) is 0 Å². The lowest BCUT2D eigenvalue weighted by molar-refractivity contribution is -0.298. The van der Waals surface area contributed by atoms with Gasteiger partial charge in [-0.15, -0.1) is 0 Å². The van der Waals surface area contributed by atoms with Crippen molar-refractivity contribution < 1.29 is 51.8 Å². The number of aliphatic hydroxyl groups is 4. The summed E-state index contributed by atoms with van der Waals surface area (Å²) in [5.74, 6) is -0.224. The molecule has 1 aliphatic rings. The van der Waals surface area contributed by atoms with Gasteiger partial charge in [0.05, 0.1) is 25.4 Å². The molecule has 0 aromatic heterocycles. The van der Waals surface area contributed by atoms with Crippen LogP contribution in [0.1, 0.15) is 303 Å². The van der Waals surface area contributed by atoms with Crippen LogP contribution in [0.15, 0.2) is 12.2 Å². The number of aliphatic hydroxyl groups excluding tert-OH is 4. The Morgan fingerprint density at radius 2 is 0.889 bits per heavy atom.